The standard InChI is InChI=1S/C13H15ClN4/c1-18(2)10-5-3-9(4-6-10)16-13-11(15)7-8-12(14)17-13/h3-8H,15H2,1-2H3,(H,16,17). The number of nitrogens with zero attached hydrogens (tertiary/aromatic N) is 2. The fourth-order valence-corrected chi connectivity index (χ4v) is 1.67. The van der Waals surface area contributed by atoms with Crippen molar-refractivity contribution in [3.05, 3.63) is 41.6 Å². The first-order valence-corrected chi connectivity index (χ1v) is 5.90. The maximum Gasteiger partial charge on any atom is 0.155 e. The van der Waals surface area contributed by atoms with Gasteiger partial charge in [-0.05, 0) is 36.4 Å². The first-order chi connectivity index (χ1) is 8.56. The second-order valence-corrected chi connectivity index (χ2v) is 4.53. The summed E-state index contributed by atoms with van der Waals surface area (Å²) >= 11 is 5.84. The lowest BCUT2D eigenvalue weighted by molar-refractivity contribution is 1.13. The number of hydrogen-bond acceptors (Lipinski definition) is 4. The molecule has 1 aromatic carbocycles. The van der Waals surface area contributed by atoms with Crippen molar-refractivity contribution in [3.8, 4) is 0 Å². The molecule has 18 heavy (non-hydrogen) atoms. The van der Waals surface area contributed by atoms with Crippen LogP contribution in [-0.2, 0) is 0 Å². The number of nitrogens with two attached hydrogens (primary N) is 1. The fraction of sp³-hybridized carbons (Fsp3) is 0.154. The third-order valence-electron chi connectivity index (χ3n) is 2.54. The second kappa shape index (κ2) is 5.14. The number of halogens is 1. The number of anilines is 4. The van der Waals surface area contributed by atoms with Crippen LogP contribution in [-0.4, -0.2) is 19.1 Å². The fourth-order valence-electron chi connectivity index (χ4n) is 1.53. The minimum atomic E-state index is 0.414. The molecular formula is C13H15ClN4. The average Bonchev–Trinajstić information content (AvgIpc) is 2.34. The number of nitrogens with one attached hydrogen (secondary N) is 1. The highest BCUT2D eigenvalue weighted by Crippen LogP contribution is 2.24. The van der Waals surface area contributed by atoms with Gasteiger partial charge in [-0.2, -0.15) is 0 Å². The molecule has 0 amide bonds. The van der Waals surface area contributed by atoms with E-state index in [-0.39, 0.29) is 0 Å². The molecular weight excluding hydrogens is 248 g/mol. The summed E-state index contributed by atoms with van der Waals surface area (Å²) in [5.74, 6) is 0.570. The van der Waals surface area contributed by atoms with Crippen molar-refractivity contribution in [2.24, 2.45) is 0 Å². The third-order valence-corrected chi connectivity index (χ3v) is 2.75. The van der Waals surface area contributed by atoms with Gasteiger partial charge in [-0.1, -0.05) is 11.6 Å². The molecule has 0 radical (unpaired) electrons. The molecule has 1 heterocycles. The SMILES string of the molecule is CN(C)c1ccc(Nc2nc(Cl)ccc2N)cc1. The highest BCUT2D eigenvalue weighted by molar-refractivity contribution is 6.29. The molecule has 0 atom stereocenters. The van der Waals surface area contributed by atoms with Gasteiger partial charge in [0.05, 0.1) is 5.69 Å². The molecule has 1 aromatic heterocycles. The normalized spacial score (nSPS) is 10.2. The summed E-state index contributed by atoms with van der Waals surface area (Å²) in [7, 11) is 4.00. The van der Waals surface area contributed by atoms with E-state index >= 15 is 0 Å². The predicted molar refractivity (Wildman–Crippen MR) is 77.7 cm³/mol. The van der Waals surface area contributed by atoms with E-state index < -0.39 is 0 Å². The summed E-state index contributed by atoms with van der Waals surface area (Å²) in [5, 5.41) is 3.55. The van der Waals surface area contributed by atoms with Gasteiger partial charge in [-0.3, -0.25) is 0 Å². The zero-order chi connectivity index (χ0) is 13.1. The molecule has 0 spiro atoms. The van der Waals surface area contributed by atoms with E-state index in [1.54, 1.807) is 12.1 Å². The first-order valence-electron chi connectivity index (χ1n) is 5.52. The van der Waals surface area contributed by atoms with E-state index in [0.717, 1.165) is 11.4 Å². The third kappa shape index (κ3) is 2.84. The largest absolute Gasteiger partial charge is 0.396 e. The Hall–Kier alpha value is -1.94. The zero-order valence-corrected chi connectivity index (χ0v) is 11.1. The van der Waals surface area contributed by atoms with Crippen molar-refractivity contribution < 1.29 is 0 Å². The van der Waals surface area contributed by atoms with Crippen molar-refractivity contribution in [1.82, 2.24) is 4.98 Å². The number of aromatic nitrogens is 1. The smallest absolute Gasteiger partial charge is 0.155 e. The van der Waals surface area contributed by atoms with Gasteiger partial charge in [0.15, 0.2) is 5.82 Å². The van der Waals surface area contributed by atoms with E-state index in [4.69, 9.17) is 17.3 Å². The first kappa shape index (κ1) is 12.5. The average molecular weight is 263 g/mol. The topological polar surface area (TPSA) is 54.2 Å². The van der Waals surface area contributed by atoms with Crippen LogP contribution >= 0.6 is 11.6 Å². The zero-order valence-electron chi connectivity index (χ0n) is 10.3. The Morgan fingerprint density at radius 1 is 1.11 bits per heavy atom. The molecule has 3 N–H and O–H groups in total. The van der Waals surface area contributed by atoms with Gasteiger partial charge < -0.3 is 16.0 Å². The lowest BCUT2D eigenvalue weighted by Crippen LogP contribution is -2.08. The molecule has 0 fully saturated rings. The maximum atomic E-state index is 5.84. The highest BCUT2D eigenvalue weighted by atomic mass is 35.5. The minimum absolute atomic E-state index is 0.414. The summed E-state index contributed by atoms with van der Waals surface area (Å²) < 4.78 is 0. The lowest BCUT2D eigenvalue weighted by atomic mass is 10.2. The predicted octanol–water partition coefficient (Wildman–Crippen LogP) is 3.13. The Morgan fingerprint density at radius 3 is 2.39 bits per heavy atom. The van der Waals surface area contributed by atoms with Gasteiger partial charge in [0.2, 0.25) is 0 Å². The number of hydrogen-bond donors (Lipinski definition) is 2. The van der Waals surface area contributed by atoms with E-state index in [9.17, 15) is 0 Å². The maximum absolute atomic E-state index is 5.84. The van der Waals surface area contributed by atoms with E-state index in [0.29, 0.717) is 16.7 Å². The molecule has 0 aliphatic heterocycles. The van der Waals surface area contributed by atoms with Gasteiger partial charge in [0.25, 0.3) is 0 Å². The Bertz CT molecular complexity index is 537. The molecule has 0 aliphatic rings. The molecule has 0 saturated heterocycles. The highest BCUT2D eigenvalue weighted by Gasteiger charge is 2.03. The minimum Gasteiger partial charge on any atom is -0.396 e. The van der Waals surface area contributed by atoms with Crippen LogP contribution < -0.4 is 16.0 Å². The van der Waals surface area contributed by atoms with Crippen molar-refractivity contribution in [3.63, 3.8) is 0 Å². The second-order valence-electron chi connectivity index (χ2n) is 4.14. The Labute approximate surface area is 111 Å². The number of nitrogen functional groups attached to an aromatic ring is 1. The van der Waals surface area contributed by atoms with E-state index in [2.05, 4.69) is 10.3 Å². The van der Waals surface area contributed by atoms with Gasteiger partial charge in [0.1, 0.15) is 5.15 Å². The summed E-state index contributed by atoms with van der Waals surface area (Å²) in [5.41, 5.74) is 8.44. The molecule has 4 nitrogen and oxygen atoms in total. The van der Waals surface area contributed by atoms with E-state index in [1.807, 2.05) is 43.3 Å². The quantitative estimate of drug-likeness (QED) is 0.835. The summed E-state index contributed by atoms with van der Waals surface area (Å²) in [6, 6.07) is 11.4. The van der Waals surface area contributed by atoms with Crippen LogP contribution in [0.1, 0.15) is 0 Å². The van der Waals surface area contributed by atoms with Crippen LogP contribution in [0.2, 0.25) is 5.15 Å². The van der Waals surface area contributed by atoms with Gasteiger partial charge in [-0.25, -0.2) is 4.98 Å². The summed E-state index contributed by atoms with van der Waals surface area (Å²) in [6.07, 6.45) is 0. The summed E-state index contributed by atoms with van der Waals surface area (Å²) in [6.45, 7) is 0. The van der Waals surface area contributed by atoms with Crippen LogP contribution in [0.25, 0.3) is 0 Å². The Kier molecular flexibility index (Phi) is 3.58. The number of rotatable bonds is 3. The molecule has 0 unspecified atom stereocenters. The van der Waals surface area contributed by atoms with Crippen LogP contribution in [0.5, 0.6) is 0 Å². The summed E-state index contributed by atoms with van der Waals surface area (Å²) in [4.78, 5) is 6.18. The molecule has 0 saturated carbocycles. The van der Waals surface area contributed by atoms with Crippen molar-refractivity contribution in [2.45, 2.75) is 0 Å². The van der Waals surface area contributed by atoms with Crippen LogP contribution in [0.15, 0.2) is 36.4 Å². The Balaban J connectivity index is 2.21. The van der Waals surface area contributed by atoms with Crippen molar-refractivity contribution in [2.75, 3.05) is 30.0 Å². The Morgan fingerprint density at radius 2 is 1.78 bits per heavy atom. The van der Waals surface area contributed by atoms with Crippen LogP contribution in [0.3, 0.4) is 0 Å². The van der Waals surface area contributed by atoms with Gasteiger partial charge in [-0.15, -0.1) is 0 Å². The molecule has 5 heteroatoms. The number of benzene rings is 1. The van der Waals surface area contributed by atoms with Crippen molar-refractivity contribution in [1.29, 1.82) is 0 Å². The monoisotopic (exact) mass is 262 g/mol. The van der Waals surface area contributed by atoms with Gasteiger partial charge in [0, 0.05) is 25.5 Å². The molecule has 2 aromatic rings. The number of pyridine rings is 1. The van der Waals surface area contributed by atoms with E-state index in [1.165, 1.54) is 0 Å². The molecule has 2 rings (SSSR count). The van der Waals surface area contributed by atoms with Crippen LogP contribution in [0, 0.1) is 0 Å². The molecule has 0 bridgehead atoms. The van der Waals surface area contributed by atoms with Crippen molar-refractivity contribution >= 4 is 34.5 Å². The molecule has 94 valence electrons. The lowest BCUT2D eigenvalue weighted by Gasteiger charge is -2.13. The van der Waals surface area contributed by atoms with Gasteiger partial charge >= 0.3 is 0 Å². The molecule has 0 aliphatic carbocycles. The van der Waals surface area contributed by atoms with Crippen LogP contribution in [0.4, 0.5) is 22.9 Å².